The van der Waals surface area contributed by atoms with Gasteiger partial charge < -0.3 is 14.2 Å². The normalized spacial score (nSPS) is 17.2. The molecule has 21 heavy (non-hydrogen) atoms. The number of aldehydes is 1. The number of ether oxygens (including phenoxy) is 3. The van der Waals surface area contributed by atoms with E-state index in [2.05, 4.69) is 4.90 Å². The molecule has 0 aromatic heterocycles. The number of hydrogen-bond donors (Lipinski definition) is 0. The molecule has 2 rings (SSSR count). The molecule has 5 heteroatoms. The molecule has 0 aliphatic carbocycles. The minimum atomic E-state index is 0.0869. The molecule has 0 amide bonds. The largest absolute Gasteiger partial charge is 0.493 e. The summed E-state index contributed by atoms with van der Waals surface area (Å²) in [5.41, 5.74) is 0.583. The van der Waals surface area contributed by atoms with E-state index in [4.69, 9.17) is 14.2 Å². The molecule has 0 N–H and O–H groups in total. The van der Waals surface area contributed by atoms with Crippen molar-refractivity contribution in [1.82, 2.24) is 4.90 Å². The number of carbonyl (C=O) groups excluding carboxylic acids is 1. The summed E-state index contributed by atoms with van der Waals surface area (Å²) in [6, 6.07) is 5.21. The van der Waals surface area contributed by atoms with Gasteiger partial charge in [-0.05, 0) is 31.5 Å². The van der Waals surface area contributed by atoms with Crippen LogP contribution in [0.3, 0.4) is 0 Å². The Morgan fingerprint density at radius 3 is 2.76 bits per heavy atom. The fraction of sp³-hybridized carbons (Fsp3) is 0.562. The Hall–Kier alpha value is -1.59. The van der Waals surface area contributed by atoms with E-state index in [1.807, 2.05) is 6.92 Å². The quantitative estimate of drug-likeness (QED) is 0.720. The van der Waals surface area contributed by atoms with Crippen molar-refractivity contribution in [3.63, 3.8) is 0 Å². The molecule has 1 aliphatic rings. The highest BCUT2D eigenvalue weighted by molar-refractivity contribution is 5.76. The number of benzene rings is 1. The standard InChI is InChI=1S/C16H23NO4/c1-13(5-6-17-7-9-20-10-8-17)21-15-4-3-14(12-18)11-16(15)19-2/h3-4,11-13H,5-10H2,1-2H3. The lowest BCUT2D eigenvalue weighted by Crippen LogP contribution is -2.38. The summed E-state index contributed by atoms with van der Waals surface area (Å²) >= 11 is 0. The molecule has 5 nitrogen and oxygen atoms in total. The number of methoxy groups -OCH3 is 1. The molecule has 0 radical (unpaired) electrons. The number of rotatable bonds is 7. The molecule has 1 atom stereocenters. The van der Waals surface area contributed by atoms with Crippen LogP contribution in [0.25, 0.3) is 0 Å². The second kappa shape index (κ2) is 8.00. The zero-order valence-corrected chi connectivity index (χ0v) is 12.7. The van der Waals surface area contributed by atoms with E-state index in [9.17, 15) is 4.79 Å². The summed E-state index contributed by atoms with van der Waals surface area (Å²) in [6.07, 6.45) is 1.83. The predicted molar refractivity (Wildman–Crippen MR) is 80.3 cm³/mol. The van der Waals surface area contributed by atoms with Gasteiger partial charge in [-0.1, -0.05) is 0 Å². The first-order valence-electron chi connectivity index (χ1n) is 7.33. The molecule has 0 saturated carbocycles. The van der Waals surface area contributed by atoms with Crippen molar-refractivity contribution in [1.29, 1.82) is 0 Å². The highest BCUT2D eigenvalue weighted by Crippen LogP contribution is 2.28. The van der Waals surface area contributed by atoms with Gasteiger partial charge in [0.2, 0.25) is 0 Å². The third-order valence-electron chi connectivity index (χ3n) is 3.61. The van der Waals surface area contributed by atoms with Crippen LogP contribution in [0.5, 0.6) is 11.5 Å². The van der Waals surface area contributed by atoms with E-state index in [0.717, 1.165) is 45.6 Å². The van der Waals surface area contributed by atoms with Crippen LogP contribution >= 0.6 is 0 Å². The number of carbonyl (C=O) groups is 1. The summed E-state index contributed by atoms with van der Waals surface area (Å²) in [7, 11) is 1.58. The highest BCUT2D eigenvalue weighted by Gasteiger charge is 2.14. The van der Waals surface area contributed by atoms with Crippen molar-refractivity contribution in [3.05, 3.63) is 23.8 Å². The van der Waals surface area contributed by atoms with Crippen molar-refractivity contribution < 1.29 is 19.0 Å². The molecule has 1 saturated heterocycles. The number of morpholine rings is 1. The monoisotopic (exact) mass is 293 g/mol. The fourth-order valence-electron chi connectivity index (χ4n) is 2.32. The van der Waals surface area contributed by atoms with E-state index in [1.54, 1.807) is 25.3 Å². The van der Waals surface area contributed by atoms with Crippen LogP contribution in [0.1, 0.15) is 23.7 Å². The van der Waals surface area contributed by atoms with Gasteiger partial charge in [-0.2, -0.15) is 0 Å². The zero-order chi connectivity index (χ0) is 15.1. The van der Waals surface area contributed by atoms with E-state index < -0.39 is 0 Å². The maximum Gasteiger partial charge on any atom is 0.161 e. The van der Waals surface area contributed by atoms with Crippen molar-refractivity contribution in [2.75, 3.05) is 40.0 Å². The molecule has 1 aliphatic heterocycles. The topological polar surface area (TPSA) is 48.0 Å². The van der Waals surface area contributed by atoms with E-state index in [1.165, 1.54) is 0 Å². The van der Waals surface area contributed by atoms with Crippen LogP contribution in [-0.2, 0) is 4.74 Å². The maximum absolute atomic E-state index is 10.8. The van der Waals surface area contributed by atoms with Gasteiger partial charge in [0.15, 0.2) is 11.5 Å². The molecule has 1 unspecified atom stereocenters. The smallest absolute Gasteiger partial charge is 0.161 e. The van der Waals surface area contributed by atoms with Crippen molar-refractivity contribution in [3.8, 4) is 11.5 Å². The summed E-state index contributed by atoms with van der Waals surface area (Å²) in [6.45, 7) is 6.66. The average Bonchev–Trinajstić information content (AvgIpc) is 2.54. The molecule has 1 fully saturated rings. The molecular weight excluding hydrogens is 270 g/mol. The minimum Gasteiger partial charge on any atom is -0.493 e. The molecule has 1 heterocycles. The maximum atomic E-state index is 10.8. The first-order valence-corrected chi connectivity index (χ1v) is 7.33. The second-order valence-electron chi connectivity index (χ2n) is 5.20. The van der Waals surface area contributed by atoms with E-state index in [0.29, 0.717) is 17.1 Å². The zero-order valence-electron chi connectivity index (χ0n) is 12.7. The van der Waals surface area contributed by atoms with Gasteiger partial charge in [-0.25, -0.2) is 0 Å². The van der Waals surface area contributed by atoms with Crippen LogP contribution in [0, 0.1) is 0 Å². The van der Waals surface area contributed by atoms with Crippen LogP contribution < -0.4 is 9.47 Å². The number of hydrogen-bond acceptors (Lipinski definition) is 5. The average molecular weight is 293 g/mol. The Bertz CT molecular complexity index is 458. The van der Waals surface area contributed by atoms with Crippen molar-refractivity contribution >= 4 is 6.29 Å². The first-order chi connectivity index (χ1) is 10.2. The summed E-state index contributed by atoms with van der Waals surface area (Å²) in [5.74, 6) is 1.27. The van der Waals surface area contributed by atoms with Crippen LogP contribution in [-0.4, -0.2) is 57.2 Å². The second-order valence-corrected chi connectivity index (χ2v) is 5.20. The van der Waals surface area contributed by atoms with Gasteiger partial charge >= 0.3 is 0 Å². The highest BCUT2D eigenvalue weighted by atomic mass is 16.5. The summed E-state index contributed by atoms with van der Waals surface area (Å²) in [5, 5.41) is 0. The Labute approximate surface area is 125 Å². The lowest BCUT2D eigenvalue weighted by Gasteiger charge is -2.27. The molecule has 1 aromatic rings. The van der Waals surface area contributed by atoms with Crippen LogP contribution in [0.4, 0.5) is 0 Å². The Balaban J connectivity index is 1.86. The predicted octanol–water partition coefficient (Wildman–Crippen LogP) is 2.00. The Morgan fingerprint density at radius 2 is 2.10 bits per heavy atom. The van der Waals surface area contributed by atoms with Crippen molar-refractivity contribution in [2.45, 2.75) is 19.4 Å². The summed E-state index contributed by atoms with van der Waals surface area (Å²) in [4.78, 5) is 13.2. The van der Waals surface area contributed by atoms with Crippen LogP contribution in [0.15, 0.2) is 18.2 Å². The molecule has 116 valence electrons. The lowest BCUT2D eigenvalue weighted by molar-refractivity contribution is 0.0325. The van der Waals surface area contributed by atoms with Gasteiger partial charge in [0.05, 0.1) is 26.4 Å². The Morgan fingerprint density at radius 1 is 1.33 bits per heavy atom. The SMILES string of the molecule is COc1cc(C=O)ccc1OC(C)CCN1CCOCC1. The van der Waals surface area contributed by atoms with Crippen LogP contribution in [0.2, 0.25) is 0 Å². The van der Waals surface area contributed by atoms with Gasteiger partial charge in [-0.15, -0.1) is 0 Å². The Kier molecular flexibility index (Phi) is 6.02. The third-order valence-corrected chi connectivity index (χ3v) is 3.61. The minimum absolute atomic E-state index is 0.0869. The number of nitrogens with zero attached hydrogens (tertiary/aromatic N) is 1. The lowest BCUT2D eigenvalue weighted by atomic mass is 10.2. The molecule has 1 aromatic carbocycles. The van der Waals surface area contributed by atoms with E-state index >= 15 is 0 Å². The molecule has 0 bridgehead atoms. The van der Waals surface area contributed by atoms with Gasteiger partial charge in [0.25, 0.3) is 0 Å². The van der Waals surface area contributed by atoms with Gasteiger partial charge in [0.1, 0.15) is 6.29 Å². The third kappa shape index (κ3) is 4.72. The summed E-state index contributed by atoms with van der Waals surface area (Å²) < 4.78 is 16.5. The molecular formula is C16H23NO4. The fourth-order valence-corrected chi connectivity index (χ4v) is 2.32. The van der Waals surface area contributed by atoms with Crippen molar-refractivity contribution in [2.24, 2.45) is 0 Å². The van der Waals surface area contributed by atoms with E-state index in [-0.39, 0.29) is 6.10 Å². The van der Waals surface area contributed by atoms with Gasteiger partial charge in [-0.3, -0.25) is 9.69 Å². The first kappa shape index (κ1) is 15.8. The van der Waals surface area contributed by atoms with Gasteiger partial charge in [0, 0.05) is 25.2 Å². The molecule has 0 spiro atoms.